The molecule has 0 fully saturated rings. The third kappa shape index (κ3) is 5.00. The second kappa shape index (κ2) is 9.02. The normalized spacial score (nSPS) is 11.3. The maximum absolute atomic E-state index is 12.8. The average Bonchev–Trinajstić information content (AvgIpc) is 2.75. The van der Waals surface area contributed by atoms with Crippen LogP contribution in [0.2, 0.25) is 0 Å². The molecule has 3 rings (SSSR count). The smallest absolute Gasteiger partial charge is 0.255 e. The van der Waals surface area contributed by atoms with E-state index in [0.717, 1.165) is 5.56 Å². The molecule has 6 nitrogen and oxygen atoms in total. The highest BCUT2D eigenvalue weighted by atomic mass is 32.2. The summed E-state index contributed by atoms with van der Waals surface area (Å²) in [5, 5.41) is 2.73. The average molecular weight is 423 g/mol. The molecule has 0 aromatic heterocycles. The van der Waals surface area contributed by atoms with Crippen molar-refractivity contribution in [2.24, 2.45) is 0 Å². The first-order valence-electron chi connectivity index (χ1n) is 9.30. The first-order valence-corrected chi connectivity index (χ1v) is 10.7. The molecule has 0 radical (unpaired) electrons. The fourth-order valence-corrected chi connectivity index (χ4v) is 4.03. The maximum atomic E-state index is 12.8. The number of nitrogens with one attached hydrogen (secondary N) is 1. The molecule has 0 unspecified atom stereocenters. The summed E-state index contributed by atoms with van der Waals surface area (Å²) in [5.74, 6) is -0.422. The largest absolute Gasteiger partial charge is 0.322 e. The summed E-state index contributed by atoms with van der Waals surface area (Å²) >= 11 is 0. The lowest BCUT2D eigenvalue weighted by molar-refractivity contribution is 0.101. The first-order chi connectivity index (χ1) is 14.3. The van der Waals surface area contributed by atoms with Gasteiger partial charge in [-0.15, -0.1) is 0 Å². The summed E-state index contributed by atoms with van der Waals surface area (Å²) in [4.78, 5) is 23.9. The van der Waals surface area contributed by atoms with Gasteiger partial charge in [0, 0.05) is 30.4 Å². The van der Waals surface area contributed by atoms with Crippen LogP contribution in [-0.4, -0.2) is 31.5 Å². The maximum Gasteiger partial charge on any atom is 0.255 e. The van der Waals surface area contributed by atoms with E-state index in [4.69, 9.17) is 0 Å². The van der Waals surface area contributed by atoms with Crippen LogP contribution >= 0.6 is 0 Å². The fraction of sp³-hybridized carbons (Fsp3) is 0.130. The van der Waals surface area contributed by atoms with Crippen LogP contribution < -0.4 is 5.32 Å². The van der Waals surface area contributed by atoms with Crippen LogP contribution in [0.5, 0.6) is 0 Å². The molecule has 0 spiro atoms. The number of nitrogens with zero attached hydrogens (tertiary/aromatic N) is 1. The Morgan fingerprint density at radius 1 is 0.833 bits per heavy atom. The van der Waals surface area contributed by atoms with Crippen LogP contribution in [0.15, 0.2) is 83.8 Å². The zero-order valence-electron chi connectivity index (χ0n) is 16.7. The van der Waals surface area contributed by atoms with Gasteiger partial charge in [0.2, 0.25) is 10.0 Å². The molecule has 0 aliphatic carbocycles. The van der Waals surface area contributed by atoms with Gasteiger partial charge in [-0.25, -0.2) is 8.42 Å². The second-order valence-electron chi connectivity index (χ2n) is 6.86. The number of Topliss-reactive ketones (excluding diaryl/α,β-unsaturated/α-hetero) is 1. The van der Waals surface area contributed by atoms with Gasteiger partial charge in [-0.2, -0.15) is 4.31 Å². The van der Waals surface area contributed by atoms with E-state index in [1.165, 1.54) is 42.5 Å². The van der Waals surface area contributed by atoms with Crippen molar-refractivity contribution in [2.45, 2.75) is 18.4 Å². The van der Waals surface area contributed by atoms with Gasteiger partial charge in [0.15, 0.2) is 5.78 Å². The van der Waals surface area contributed by atoms with E-state index in [9.17, 15) is 18.0 Å². The molecule has 154 valence electrons. The molecule has 3 aromatic rings. The molecular formula is C23H22N2O4S. The number of carbonyl (C=O) groups excluding carboxylic acids is 2. The number of hydrogen-bond donors (Lipinski definition) is 1. The summed E-state index contributed by atoms with van der Waals surface area (Å²) in [6.07, 6.45) is 0. The van der Waals surface area contributed by atoms with E-state index >= 15 is 0 Å². The molecular weight excluding hydrogens is 400 g/mol. The van der Waals surface area contributed by atoms with Gasteiger partial charge < -0.3 is 5.32 Å². The van der Waals surface area contributed by atoms with Crippen molar-refractivity contribution in [3.05, 3.63) is 95.6 Å². The van der Waals surface area contributed by atoms with Crippen LogP contribution in [0.1, 0.15) is 33.2 Å². The van der Waals surface area contributed by atoms with Gasteiger partial charge in [-0.3, -0.25) is 9.59 Å². The number of hydrogen-bond acceptors (Lipinski definition) is 4. The first kappa shape index (κ1) is 21.4. The molecule has 0 bridgehead atoms. The van der Waals surface area contributed by atoms with Gasteiger partial charge in [-0.05, 0) is 61.0 Å². The summed E-state index contributed by atoms with van der Waals surface area (Å²) in [7, 11) is -2.16. The fourth-order valence-electron chi connectivity index (χ4n) is 2.88. The lowest BCUT2D eigenvalue weighted by Crippen LogP contribution is -2.26. The van der Waals surface area contributed by atoms with Crippen LogP contribution in [0, 0.1) is 0 Å². The number of rotatable bonds is 7. The Hall–Kier alpha value is -3.29. The molecule has 3 aromatic carbocycles. The summed E-state index contributed by atoms with van der Waals surface area (Å²) in [6.45, 7) is 1.72. The van der Waals surface area contributed by atoms with E-state index in [1.54, 1.807) is 24.3 Å². The van der Waals surface area contributed by atoms with Crippen molar-refractivity contribution in [2.75, 3.05) is 12.4 Å². The molecule has 1 amide bonds. The van der Waals surface area contributed by atoms with Crippen LogP contribution in [0.25, 0.3) is 0 Å². The molecule has 0 heterocycles. The third-order valence-corrected chi connectivity index (χ3v) is 6.44. The molecule has 30 heavy (non-hydrogen) atoms. The van der Waals surface area contributed by atoms with E-state index in [0.29, 0.717) is 16.8 Å². The minimum Gasteiger partial charge on any atom is -0.322 e. The molecule has 0 saturated heterocycles. The quantitative estimate of drug-likeness (QED) is 0.584. The predicted molar refractivity (Wildman–Crippen MR) is 116 cm³/mol. The van der Waals surface area contributed by atoms with Crippen molar-refractivity contribution in [3.8, 4) is 0 Å². The highest BCUT2D eigenvalue weighted by Gasteiger charge is 2.21. The summed E-state index contributed by atoms with van der Waals surface area (Å²) < 4.78 is 26.9. The van der Waals surface area contributed by atoms with Gasteiger partial charge >= 0.3 is 0 Å². The molecule has 0 aliphatic rings. The zero-order valence-corrected chi connectivity index (χ0v) is 17.5. The summed E-state index contributed by atoms with van der Waals surface area (Å²) in [5.41, 5.74) is 2.32. The van der Waals surface area contributed by atoms with Gasteiger partial charge in [-0.1, -0.05) is 30.3 Å². The zero-order chi connectivity index (χ0) is 21.7. The van der Waals surface area contributed by atoms with E-state index in [1.807, 2.05) is 30.3 Å². The van der Waals surface area contributed by atoms with Crippen LogP contribution in [-0.2, 0) is 16.6 Å². The standard InChI is InChI=1S/C23H22N2O4S/c1-17(26)19-8-12-21(13-9-19)24-23(27)20-10-14-22(15-11-20)30(28,29)25(2)16-18-6-4-3-5-7-18/h3-15H,16H2,1-2H3,(H,24,27). The molecule has 0 atom stereocenters. The van der Waals surface area contributed by atoms with E-state index in [2.05, 4.69) is 5.32 Å². The third-order valence-electron chi connectivity index (χ3n) is 4.62. The molecule has 0 saturated carbocycles. The number of amides is 1. The predicted octanol–water partition coefficient (Wildman–Crippen LogP) is 3.96. The van der Waals surface area contributed by atoms with Gasteiger partial charge in [0.1, 0.15) is 0 Å². The van der Waals surface area contributed by atoms with Crippen molar-refractivity contribution in [1.82, 2.24) is 4.31 Å². The Kier molecular flexibility index (Phi) is 6.44. The number of ketones is 1. The Labute approximate surface area is 176 Å². The van der Waals surface area contributed by atoms with Crippen molar-refractivity contribution >= 4 is 27.4 Å². The number of anilines is 1. The summed E-state index contributed by atoms with van der Waals surface area (Å²) in [6, 6.07) is 21.7. The Bertz CT molecular complexity index is 1140. The van der Waals surface area contributed by atoms with Crippen molar-refractivity contribution < 1.29 is 18.0 Å². The highest BCUT2D eigenvalue weighted by Crippen LogP contribution is 2.18. The number of benzene rings is 3. The topological polar surface area (TPSA) is 83.5 Å². The van der Waals surface area contributed by atoms with Crippen molar-refractivity contribution in [3.63, 3.8) is 0 Å². The lowest BCUT2D eigenvalue weighted by atomic mass is 10.1. The van der Waals surface area contributed by atoms with E-state index in [-0.39, 0.29) is 23.1 Å². The number of carbonyl (C=O) groups is 2. The Morgan fingerprint density at radius 2 is 1.40 bits per heavy atom. The van der Waals surface area contributed by atoms with Gasteiger partial charge in [0.05, 0.1) is 4.90 Å². The van der Waals surface area contributed by atoms with Crippen LogP contribution in [0.3, 0.4) is 0 Å². The monoisotopic (exact) mass is 422 g/mol. The second-order valence-corrected chi connectivity index (χ2v) is 8.90. The molecule has 0 aliphatic heterocycles. The Morgan fingerprint density at radius 3 is 1.97 bits per heavy atom. The molecule has 7 heteroatoms. The SMILES string of the molecule is CC(=O)c1ccc(NC(=O)c2ccc(S(=O)(=O)N(C)Cc3ccccc3)cc2)cc1. The van der Waals surface area contributed by atoms with E-state index < -0.39 is 10.0 Å². The minimum absolute atomic E-state index is 0.0538. The van der Waals surface area contributed by atoms with Gasteiger partial charge in [0.25, 0.3) is 5.91 Å². The van der Waals surface area contributed by atoms with Crippen LogP contribution in [0.4, 0.5) is 5.69 Å². The molecule has 1 N–H and O–H groups in total. The number of sulfonamides is 1. The lowest BCUT2D eigenvalue weighted by Gasteiger charge is -2.17. The Balaban J connectivity index is 1.70. The minimum atomic E-state index is -3.68. The van der Waals surface area contributed by atoms with Crippen molar-refractivity contribution in [1.29, 1.82) is 0 Å². The highest BCUT2D eigenvalue weighted by molar-refractivity contribution is 7.89.